The maximum Gasteiger partial charge on any atom is 0.236 e. The number of rotatable bonds is 8. The Hall–Kier alpha value is -3.44. The molecule has 2 heterocycles. The molecule has 0 bridgehead atoms. The molecule has 0 radical (unpaired) electrons. The second-order valence-electron chi connectivity index (χ2n) is 6.17. The Kier molecular flexibility index (Phi) is 6.43. The van der Waals surface area contributed by atoms with E-state index in [1.165, 1.54) is 23.1 Å². The van der Waals surface area contributed by atoms with Crippen LogP contribution in [0.3, 0.4) is 0 Å². The summed E-state index contributed by atoms with van der Waals surface area (Å²) in [4.78, 5) is 16.9. The zero-order valence-electron chi connectivity index (χ0n) is 16.7. The second kappa shape index (κ2) is 9.58. The minimum atomic E-state index is -0.190. The van der Waals surface area contributed by atoms with Gasteiger partial charge in [-0.05, 0) is 59.0 Å². The van der Waals surface area contributed by atoms with Gasteiger partial charge in [0.15, 0.2) is 5.13 Å². The third-order valence-corrected chi connectivity index (χ3v) is 5.90. The van der Waals surface area contributed by atoms with E-state index < -0.39 is 0 Å². The Morgan fingerprint density at radius 2 is 1.74 bits per heavy atom. The summed E-state index contributed by atoms with van der Waals surface area (Å²) in [6, 6.07) is 14.9. The molecule has 1 amide bonds. The van der Waals surface area contributed by atoms with Crippen LogP contribution in [-0.2, 0) is 4.79 Å². The van der Waals surface area contributed by atoms with Gasteiger partial charge in [-0.1, -0.05) is 11.8 Å². The van der Waals surface area contributed by atoms with Crippen molar-refractivity contribution in [1.29, 1.82) is 0 Å². The first kappa shape index (κ1) is 20.8. The molecule has 4 rings (SSSR count). The molecule has 0 unspecified atom stereocenters. The van der Waals surface area contributed by atoms with E-state index in [-0.39, 0.29) is 11.7 Å². The van der Waals surface area contributed by atoms with Crippen molar-refractivity contribution in [1.82, 2.24) is 25.2 Å². The first-order chi connectivity index (χ1) is 15.2. The van der Waals surface area contributed by atoms with Crippen molar-refractivity contribution < 1.29 is 14.3 Å². The second-order valence-corrected chi connectivity index (χ2v) is 7.98. The van der Waals surface area contributed by atoms with Crippen molar-refractivity contribution in [3.63, 3.8) is 0 Å². The number of nitrogens with one attached hydrogen (secondary N) is 1. The van der Waals surface area contributed by atoms with Gasteiger partial charge in [0.05, 0.1) is 31.4 Å². The van der Waals surface area contributed by atoms with Gasteiger partial charge in [0.25, 0.3) is 0 Å². The zero-order chi connectivity index (χ0) is 21.6. The van der Waals surface area contributed by atoms with Crippen molar-refractivity contribution in [3.05, 3.63) is 53.9 Å². The number of hydrogen-bond acceptors (Lipinski definition) is 9. The highest BCUT2D eigenvalue weighted by molar-refractivity contribution is 7.99. The lowest BCUT2D eigenvalue weighted by atomic mass is 10.2. The molecule has 0 saturated heterocycles. The number of thiazole rings is 1. The van der Waals surface area contributed by atoms with Gasteiger partial charge in [-0.15, -0.1) is 16.4 Å². The largest absolute Gasteiger partial charge is 0.497 e. The first-order valence-corrected chi connectivity index (χ1v) is 11.0. The van der Waals surface area contributed by atoms with E-state index in [0.717, 1.165) is 28.4 Å². The predicted molar refractivity (Wildman–Crippen MR) is 119 cm³/mol. The molecular formula is C20H18N6O3S2. The van der Waals surface area contributed by atoms with Gasteiger partial charge >= 0.3 is 0 Å². The molecule has 158 valence electrons. The standard InChI is InChI=1S/C20H18N6O3S2/c1-28-15-7-3-13(4-8-15)17-11-30-19(21-17)22-18(27)12-31-20-23-24-25-26(20)14-5-9-16(29-2)10-6-14/h3-11H,12H2,1-2H3,(H,21,22,27). The van der Waals surface area contributed by atoms with Crippen LogP contribution in [0, 0.1) is 0 Å². The number of aromatic nitrogens is 5. The van der Waals surface area contributed by atoms with Gasteiger partial charge in [-0.25, -0.2) is 4.98 Å². The number of methoxy groups -OCH3 is 2. The SMILES string of the molecule is COc1ccc(-c2csc(NC(=O)CSc3nnnn3-c3ccc(OC)cc3)n2)cc1. The number of amides is 1. The summed E-state index contributed by atoms with van der Waals surface area (Å²) >= 11 is 2.61. The van der Waals surface area contributed by atoms with E-state index >= 15 is 0 Å². The number of hydrogen-bond donors (Lipinski definition) is 1. The number of tetrazole rings is 1. The lowest BCUT2D eigenvalue weighted by Crippen LogP contribution is -2.14. The number of carbonyl (C=O) groups is 1. The van der Waals surface area contributed by atoms with Gasteiger partial charge < -0.3 is 14.8 Å². The van der Waals surface area contributed by atoms with Crippen LogP contribution in [0.2, 0.25) is 0 Å². The molecule has 31 heavy (non-hydrogen) atoms. The maximum absolute atomic E-state index is 12.4. The Balaban J connectivity index is 1.36. The molecule has 0 saturated carbocycles. The van der Waals surface area contributed by atoms with Crippen molar-refractivity contribution in [2.75, 3.05) is 25.3 Å². The van der Waals surface area contributed by atoms with Crippen LogP contribution in [0.15, 0.2) is 59.1 Å². The molecule has 11 heteroatoms. The Bertz CT molecular complexity index is 1160. The maximum atomic E-state index is 12.4. The summed E-state index contributed by atoms with van der Waals surface area (Å²) in [5.41, 5.74) is 2.52. The van der Waals surface area contributed by atoms with Gasteiger partial charge in [0, 0.05) is 10.9 Å². The van der Waals surface area contributed by atoms with Gasteiger partial charge in [-0.2, -0.15) is 4.68 Å². The van der Waals surface area contributed by atoms with E-state index in [2.05, 4.69) is 25.8 Å². The van der Waals surface area contributed by atoms with Crippen LogP contribution in [0.5, 0.6) is 11.5 Å². The van der Waals surface area contributed by atoms with E-state index in [1.54, 1.807) is 18.9 Å². The molecule has 0 aliphatic rings. The summed E-state index contributed by atoms with van der Waals surface area (Å²) in [5, 5.41) is 17.5. The summed E-state index contributed by atoms with van der Waals surface area (Å²) in [6.07, 6.45) is 0. The Labute approximate surface area is 186 Å². The predicted octanol–water partition coefficient (Wildman–Crippen LogP) is 3.53. The molecule has 4 aromatic rings. The fourth-order valence-electron chi connectivity index (χ4n) is 2.67. The molecule has 2 aromatic carbocycles. The number of carbonyl (C=O) groups excluding carboxylic acids is 1. The van der Waals surface area contributed by atoms with Crippen molar-refractivity contribution in [2.24, 2.45) is 0 Å². The number of benzene rings is 2. The highest BCUT2D eigenvalue weighted by Crippen LogP contribution is 2.27. The van der Waals surface area contributed by atoms with Crippen LogP contribution in [0.4, 0.5) is 5.13 Å². The van der Waals surface area contributed by atoms with Crippen LogP contribution in [0.1, 0.15) is 0 Å². The first-order valence-electron chi connectivity index (χ1n) is 9.11. The number of thioether (sulfide) groups is 1. The highest BCUT2D eigenvalue weighted by atomic mass is 32.2. The summed E-state index contributed by atoms with van der Waals surface area (Å²) < 4.78 is 11.9. The molecule has 0 spiro atoms. The smallest absolute Gasteiger partial charge is 0.236 e. The molecule has 9 nitrogen and oxygen atoms in total. The van der Waals surface area contributed by atoms with Gasteiger partial charge in [0.2, 0.25) is 11.1 Å². The molecule has 0 aliphatic heterocycles. The molecular weight excluding hydrogens is 436 g/mol. The van der Waals surface area contributed by atoms with Crippen LogP contribution in [0.25, 0.3) is 16.9 Å². The fourth-order valence-corrected chi connectivity index (χ4v) is 4.09. The van der Waals surface area contributed by atoms with Gasteiger partial charge in [-0.3, -0.25) is 4.79 Å². The van der Waals surface area contributed by atoms with Crippen molar-refractivity contribution in [3.8, 4) is 28.4 Å². The molecule has 1 N–H and O–H groups in total. The minimum Gasteiger partial charge on any atom is -0.497 e. The van der Waals surface area contributed by atoms with Crippen LogP contribution < -0.4 is 14.8 Å². The normalized spacial score (nSPS) is 10.6. The van der Waals surface area contributed by atoms with E-state index in [1.807, 2.05) is 53.9 Å². The van der Waals surface area contributed by atoms with Crippen molar-refractivity contribution in [2.45, 2.75) is 5.16 Å². The third kappa shape index (κ3) is 5.01. The summed E-state index contributed by atoms with van der Waals surface area (Å²) in [6.45, 7) is 0. The van der Waals surface area contributed by atoms with E-state index in [9.17, 15) is 4.79 Å². The summed E-state index contributed by atoms with van der Waals surface area (Å²) in [5.74, 6) is 1.47. The lowest BCUT2D eigenvalue weighted by Gasteiger charge is -2.05. The molecule has 2 aromatic heterocycles. The highest BCUT2D eigenvalue weighted by Gasteiger charge is 2.13. The summed E-state index contributed by atoms with van der Waals surface area (Å²) in [7, 11) is 3.23. The van der Waals surface area contributed by atoms with Gasteiger partial charge in [0.1, 0.15) is 11.5 Å². The molecule has 0 aliphatic carbocycles. The van der Waals surface area contributed by atoms with E-state index in [0.29, 0.717) is 10.3 Å². The van der Waals surface area contributed by atoms with Crippen LogP contribution >= 0.6 is 23.1 Å². The fraction of sp³-hybridized carbons (Fsp3) is 0.150. The third-order valence-electron chi connectivity index (χ3n) is 4.23. The average molecular weight is 455 g/mol. The average Bonchev–Trinajstić information content (AvgIpc) is 3.47. The lowest BCUT2D eigenvalue weighted by molar-refractivity contribution is -0.113. The number of anilines is 1. The monoisotopic (exact) mass is 454 g/mol. The zero-order valence-corrected chi connectivity index (χ0v) is 18.3. The quantitative estimate of drug-likeness (QED) is 0.403. The Morgan fingerprint density at radius 3 is 2.42 bits per heavy atom. The number of ether oxygens (including phenoxy) is 2. The molecule has 0 atom stereocenters. The molecule has 0 fully saturated rings. The Morgan fingerprint density at radius 1 is 1.06 bits per heavy atom. The van der Waals surface area contributed by atoms with Crippen molar-refractivity contribution >= 4 is 34.1 Å². The van der Waals surface area contributed by atoms with Crippen LogP contribution in [-0.4, -0.2) is 51.1 Å². The number of nitrogens with zero attached hydrogens (tertiary/aromatic N) is 5. The topological polar surface area (TPSA) is 104 Å². The van der Waals surface area contributed by atoms with E-state index in [4.69, 9.17) is 9.47 Å². The minimum absolute atomic E-state index is 0.147.